The number of aromatic nitrogens is 1. The quantitative estimate of drug-likeness (QED) is 0.404. The summed E-state index contributed by atoms with van der Waals surface area (Å²) in [4.78, 5) is 28.7. The molecule has 0 bridgehead atoms. The molecule has 33 heavy (non-hydrogen) atoms. The smallest absolute Gasteiger partial charge is 0.296 e. The first-order chi connectivity index (χ1) is 15.9. The molecule has 0 aliphatic carbocycles. The second kappa shape index (κ2) is 7.78. The summed E-state index contributed by atoms with van der Waals surface area (Å²) in [6.07, 6.45) is 1.65. The summed E-state index contributed by atoms with van der Waals surface area (Å²) in [6.45, 7) is 9.63. The highest BCUT2D eigenvalue weighted by Crippen LogP contribution is 2.41. The highest BCUT2D eigenvalue weighted by Gasteiger charge is 2.45. The molecule has 7 heteroatoms. The minimum Gasteiger partial charge on any atom is -0.490 e. The Hall–Kier alpha value is -4.13. The molecule has 0 unspecified atom stereocenters. The summed E-state index contributed by atoms with van der Waals surface area (Å²) in [5.74, 6) is 1.02. The van der Waals surface area contributed by atoms with E-state index in [0.29, 0.717) is 40.5 Å². The molecule has 0 fully saturated rings. The van der Waals surface area contributed by atoms with E-state index in [1.54, 1.807) is 31.2 Å². The zero-order valence-electron chi connectivity index (χ0n) is 18.5. The summed E-state index contributed by atoms with van der Waals surface area (Å²) in [7, 11) is 0. The molecule has 166 valence electrons. The van der Waals surface area contributed by atoms with Crippen molar-refractivity contribution in [2.24, 2.45) is 0 Å². The van der Waals surface area contributed by atoms with Crippen molar-refractivity contribution in [2.45, 2.75) is 26.8 Å². The second-order valence-corrected chi connectivity index (χ2v) is 8.15. The predicted octanol–water partition coefficient (Wildman–Crippen LogP) is 5.02. The van der Waals surface area contributed by atoms with Crippen LogP contribution < -0.4 is 15.1 Å². The normalized spacial score (nSPS) is 15.2. The number of carbonyl (C=O) groups is 1. The third-order valence-electron chi connectivity index (χ3n) is 5.89. The lowest BCUT2D eigenvalue weighted by Gasteiger charge is -2.22. The molecule has 0 N–H and O–H groups in total. The van der Waals surface area contributed by atoms with Crippen LogP contribution in [0.5, 0.6) is 5.75 Å². The summed E-state index contributed by atoms with van der Waals surface area (Å²) in [5, 5.41) is 4.49. The number of anilines is 1. The van der Waals surface area contributed by atoms with Crippen LogP contribution in [0.2, 0.25) is 0 Å². The van der Waals surface area contributed by atoms with Crippen LogP contribution in [-0.4, -0.2) is 17.7 Å². The van der Waals surface area contributed by atoms with Gasteiger partial charge in [-0.2, -0.15) is 0 Å². The van der Waals surface area contributed by atoms with E-state index < -0.39 is 11.9 Å². The second-order valence-electron chi connectivity index (χ2n) is 8.15. The van der Waals surface area contributed by atoms with Crippen molar-refractivity contribution >= 4 is 22.7 Å². The number of ether oxygens (including phenoxy) is 1. The average molecular weight is 442 g/mol. The standard InChI is InChI=1S/C26H22N2O5/c1-5-9-31-18-8-6-7-17(13-18)23-22-24(29)19-10-14(2)15(3)11-20(19)32-25(22)26(30)28(23)21-12-16(4)33-27-21/h5-8,10-13,23H,1,9H2,2-4H3/t23-/m0/s1. The lowest BCUT2D eigenvalue weighted by molar-refractivity contribution is 0.0969. The number of benzene rings is 2. The summed E-state index contributed by atoms with van der Waals surface area (Å²) >= 11 is 0. The zero-order chi connectivity index (χ0) is 23.3. The van der Waals surface area contributed by atoms with Crippen LogP contribution in [0.3, 0.4) is 0 Å². The molecule has 7 nitrogen and oxygen atoms in total. The van der Waals surface area contributed by atoms with Gasteiger partial charge in [0.05, 0.1) is 17.0 Å². The number of nitrogens with zero attached hydrogens (tertiary/aromatic N) is 2. The van der Waals surface area contributed by atoms with E-state index in [-0.39, 0.29) is 16.8 Å². The van der Waals surface area contributed by atoms with Gasteiger partial charge in [-0.25, -0.2) is 0 Å². The Morgan fingerprint density at radius 3 is 2.64 bits per heavy atom. The first-order valence-electron chi connectivity index (χ1n) is 10.6. The predicted molar refractivity (Wildman–Crippen MR) is 124 cm³/mol. The summed E-state index contributed by atoms with van der Waals surface area (Å²) in [6, 6.07) is 11.8. The molecule has 0 saturated carbocycles. The Labute approximate surface area is 189 Å². The molecule has 4 aromatic rings. The molecule has 0 saturated heterocycles. The first-order valence-corrected chi connectivity index (χ1v) is 10.6. The van der Waals surface area contributed by atoms with Gasteiger partial charge in [-0.15, -0.1) is 0 Å². The fraction of sp³-hybridized carbons (Fsp3) is 0.192. The van der Waals surface area contributed by atoms with E-state index in [2.05, 4.69) is 11.7 Å². The molecular weight excluding hydrogens is 420 g/mol. The molecule has 2 aromatic carbocycles. The Morgan fingerprint density at radius 1 is 1.12 bits per heavy atom. The molecule has 1 atom stereocenters. The lowest BCUT2D eigenvalue weighted by atomic mass is 9.97. The van der Waals surface area contributed by atoms with Crippen molar-refractivity contribution < 1.29 is 18.5 Å². The van der Waals surface area contributed by atoms with Gasteiger partial charge in [0.15, 0.2) is 11.2 Å². The highest BCUT2D eigenvalue weighted by molar-refractivity contribution is 6.10. The van der Waals surface area contributed by atoms with Gasteiger partial charge >= 0.3 is 0 Å². The van der Waals surface area contributed by atoms with Crippen LogP contribution in [0.25, 0.3) is 11.0 Å². The number of aryl methyl sites for hydroxylation is 3. The third-order valence-corrected chi connectivity index (χ3v) is 5.89. The number of carbonyl (C=O) groups excluding carboxylic acids is 1. The SMILES string of the molecule is C=CCOc1cccc([C@H]2c3c(oc4cc(C)c(C)cc4c3=O)C(=O)N2c2cc(C)on2)c1. The Bertz CT molecular complexity index is 1480. The minimum atomic E-state index is -0.744. The summed E-state index contributed by atoms with van der Waals surface area (Å²) in [5.41, 5.74) is 3.06. The van der Waals surface area contributed by atoms with E-state index >= 15 is 0 Å². The zero-order valence-corrected chi connectivity index (χ0v) is 18.5. The highest BCUT2D eigenvalue weighted by atomic mass is 16.5. The maximum atomic E-state index is 13.7. The van der Waals surface area contributed by atoms with Gasteiger partial charge in [0.2, 0.25) is 5.76 Å². The van der Waals surface area contributed by atoms with Crippen LogP contribution in [0.1, 0.15) is 44.6 Å². The number of hydrogen-bond acceptors (Lipinski definition) is 6. The Balaban J connectivity index is 1.77. The maximum absolute atomic E-state index is 13.7. The number of fused-ring (bicyclic) bond motifs is 2. The van der Waals surface area contributed by atoms with E-state index in [9.17, 15) is 9.59 Å². The van der Waals surface area contributed by atoms with E-state index in [1.165, 1.54) is 4.90 Å². The van der Waals surface area contributed by atoms with Crippen molar-refractivity contribution in [1.82, 2.24) is 5.16 Å². The van der Waals surface area contributed by atoms with Gasteiger partial charge in [0.25, 0.3) is 5.91 Å². The van der Waals surface area contributed by atoms with Gasteiger partial charge in [-0.05, 0) is 61.7 Å². The fourth-order valence-corrected chi connectivity index (χ4v) is 4.18. The Morgan fingerprint density at radius 2 is 1.91 bits per heavy atom. The monoisotopic (exact) mass is 442 g/mol. The van der Waals surface area contributed by atoms with Crippen LogP contribution >= 0.6 is 0 Å². The van der Waals surface area contributed by atoms with Crippen molar-refractivity contribution in [3.05, 3.63) is 99.1 Å². The molecule has 3 heterocycles. The minimum absolute atomic E-state index is 0.0128. The van der Waals surface area contributed by atoms with E-state index in [0.717, 1.165) is 11.1 Å². The van der Waals surface area contributed by atoms with E-state index in [1.807, 2.05) is 38.1 Å². The van der Waals surface area contributed by atoms with Crippen molar-refractivity contribution in [3.8, 4) is 5.75 Å². The van der Waals surface area contributed by atoms with Gasteiger partial charge in [0.1, 0.15) is 23.7 Å². The molecule has 1 aliphatic heterocycles. The molecule has 2 aromatic heterocycles. The average Bonchev–Trinajstić information content (AvgIpc) is 3.35. The molecule has 1 amide bonds. The lowest BCUT2D eigenvalue weighted by Crippen LogP contribution is -2.29. The molecule has 0 spiro atoms. The Kier molecular flexibility index (Phi) is 4.89. The van der Waals surface area contributed by atoms with Crippen LogP contribution in [-0.2, 0) is 0 Å². The van der Waals surface area contributed by atoms with Crippen molar-refractivity contribution in [3.63, 3.8) is 0 Å². The maximum Gasteiger partial charge on any atom is 0.296 e. The van der Waals surface area contributed by atoms with Crippen molar-refractivity contribution in [1.29, 1.82) is 0 Å². The molecule has 0 radical (unpaired) electrons. The molecule has 5 rings (SSSR count). The molecule has 1 aliphatic rings. The van der Waals surface area contributed by atoms with Gasteiger partial charge in [-0.1, -0.05) is 29.9 Å². The van der Waals surface area contributed by atoms with Crippen LogP contribution in [0.15, 0.2) is 68.9 Å². The molecular formula is C26H22N2O5. The fourth-order valence-electron chi connectivity index (χ4n) is 4.18. The number of hydrogen-bond donors (Lipinski definition) is 0. The van der Waals surface area contributed by atoms with Gasteiger partial charge in [0, 0.05) is 6.07 Å². The van der Waals surface area contributed by atoms with Gasteiger partial charge in [-0.3, -0.25) is 14.5 Å². The first kappa shape index (κ1) is 20.8. The number of amides is 1. The van der Waals surface area contributed by atoms with Crippen LogP contribution in [0.4, 0.5) is 5.82 Å². The van der Waals surface area contributed by atoms with Gasteiger partial charge < -0.3 is 13.7 Å². The van der Waals surface area contributed by atoms with Crippen molar-refractivity contribution in [2.75, 3.05) is 11.5 Å². The number of rotatable bonds is 5. The largest absolute Gasteiger partial charge is 0.490 e. The third kappa shape index (κ3) is 3.33. The summed E-state index contributed by atoms with van der Waals surface area (Å²) < 4.78 is 17.0. The van der Waals surface area contributed by atoms with Crippen LogP contribution in [0, 0.1) is 20.8 Å². The van der Waals surface area contributed by atoms with E-state index in [4.69, 9.17) is 13.7 Å². The topological polar surface area (TPSA) is 85.8 Å².